The van der Waals surface area contributed by atoms with Crippen LogP contribution in [-0.4, -0.2) is 53.6 Å². The van der Waals surface area contributed by atoms with Crippen molar-refractivity contribution in [3.8, 4) is 0 Å². The number of halogens is 1. The summed E-state index contributed by atoms with van der Waals surface area (Å²) in [6.07, 6.45) is 7.44. The number of carbonyl (C=O) groups is 1. The number of alkyl halides is 1. The van der Waals surface area contributed by atoms with Gasteiger partial charge in [-0.15, -0.1) is 11.6 Å². The summed E-state index contributed by atoms with van der Waals surface area (Å²) < 4.78 is 0. The zero-order valence-corrected chi connectivity index (χ0v) is 19.0. The fourth-order valence-electron chi connectivity index (χ4n) is 6.44. The molecule has 0 spiro atoms. The summed E-state index contributed by atoms with van der Waals surface area (Å²) in [6, 6.07) is 7.29. The van der Waals surface area contributed by atoms with E-state index in [1.165, 1.54) is 38.5 Å². The molecule has 1 aromatic rings. The van der Waals surface area contributed by atoms with Crippen molar-refractivity contribution in [1.29, 1.82) is 0 Å². The number of carboxylic acids is 1. The molecule has 5 aliphatic rings. The number of carboxylic acid groups (broad SMARTS) is 1. The summed E-state index contributed by atoms with van der Waals surface area (Å²) in [5.74, 6) is -0.866. The highest BCUT2D eigenvalue weighted by Gasteiger charge is 2.68. The minimum atomic E-state index is -0.866. The second-order valence-corrected chi connectivity index (χ2v) is 11.8. The lowest BCUT2D eigenvalue weighted by molar-refractivity contribution is -0.0511. The Morgan fingerprint density at radius 1 is 1.07 bits per heavy atom. The number of aromatic carboxylic acids is 1. The van der Waals surface area contributed by atoms with Crippen molar-refractivity contribution in [1.82, 2.24) is 4.90 Å². The zero-order chi connectivity index (χ0) is 21.1. The summed E-state index contributed by atoms with van der Waals surface area (Å²) in [5.41, 5.74) is 5.83. The Morgan fingerprint density at radius 2 is 1.70 bits per heavy atom. The van der Waals surface area contributed by atoms with Crippen molar-refractivity contribution in [3.05, 3.63) is 41.0 Å². The van der Waals surface area contributed by atoms with Gasteiger partial charge in [-0.05, 0) is 73.6 Å². The Bertz CT molecular complexity index is 861. The van der Waals surface area contributed by atoms with Gasteiger partial charge in [0.05, 0.1) is 5.56 Å². The Labute approximate surface area is 184 Å². The molecule has 0 atom stereocenters. The van der Waals surface area contributed by atoms with Crippen molar-refractivity contribution in [2.45, 2.75) is 57.2 Å². The molecule has 5 heteroatoms. The van der Waals surface area contributed by atoms with Crippen LogP contribution in [0.2, 0.25) is 0 Å². The maximum absolute atomic E-state index is 11.1. The molecule has 4 nitrogen and oxygen atoms in total. The van der Waals surface area contributed by atoms with Crippen LogP contribution in [0.15, 0.2) is 35.4 Å². The summed E-state index contributed by atoms with van der Waals surface area (Å²) in [5, 5.41) is 9.10. The van der Waals surface area contributed by atoms with E-state index in [1.54, 1.807) is 23.3 Å². The molecule has 4 fully saturated rings. The number of benzene rings is 1. The minimum Gasteiger partial charge on any atom is -0.478 e. The predicted octanol–water partition coefficient (Wildman–Crippen LogP) is 5.18. The third kappa shape index (κ3) is 3.56. The van der Waals surface area contributed by atoms with Crippen LogP contribution in [0.1, 0.15) is 62.7 Å². The number of anilines is 1. The Kier molecular flexibility index (Phi) is 4.75. The molecule has 162 valence electrons. The Morgan fingerprint density at radius 3 is 2.27 bits per heavy atom. The van der Waals surface area contributed by atoms with Crippen molar-refractivity contribution >= 4 is 23.3 Å². The largest absolute Gasteiger partial charge is 0.478 e. The monoisotopic (exact) mass is 428 g/mol. The van der Waals surface area contributed by atoms with Gasteiger partial charge in [-0.3, -0.25) is 4.90 Å². The zero-order valence-electron chi connectivity index (χ0n) is 18.2. The normalized spacial score (nSPS) is 33.1. The van der Waals surface area contributed by atoms with E-state index in [9.17, 15) is 4.79 Å². The van der Waals surface area contributed by atoms with Gasteiger partial charge in [0, 0.05) is 43.3 Å². The number of nitrogens with zero attached hydrogens (tertiary/aromatic N) is 2. The van der Waals surface area contributed by atoms with E-state index in [-0.39, 0.29) is 4.87 Å². The smallest absolute Gasteiger partial charge is 0.335 e. The summed E-state index contributed by atoms with van der Waals surface area (Å²) >= 11 is 6.60. The first kappa shape index (κ1) is 20.4. The molecule has 0 amide bonds. The first-order valence-electron chi connectivity index (χ1n) is 11.4. The average molecular weight is 429 g/mol. The maximum Gasteiger partial charge on any atom is 0.335 e. The third-order valence-corrected chi connectivity index (χ3v) is 8.44. The van der Waals surface area contributed by atoms with Crippen LogP contribution in [0.4, 0.5) is 5.69 Å². The van der Waals surface area contributed by atoms with Crippen LogP contribution in [0.3, 0.4) is 0 Å². The van der Waals surface area contributed by atoms with Gasteiger partial charge in [-0.1, -0.05) is 25.0 Å². The fraction of sp³-hybridized carbons (Fsp3) is 0.640. The second-order valence-electron chi connectivity index (χ2n) is 11.0. The van der Waals surface area contributed by atoms with E-state index in [1.807, 2.05) is 12.1 Å². The third-order valence-electron chi connectivity index (χ3n) is 8.04. The van der Waals surface area contributed by atoms with Gasteiger partial charge >= 0.3 is 5.97 Å². The quantitative estimate of drug-likeness (QED) is 0.518. The molecule has 6 rings (SSSR count). The molecular weight excluding hydrogens is 396 g/mol. The molecule has 0 radical (unpaired) electrons. The lowest BCUT2D eigenvalue weighted by Gasteiger charge is -2.70. The molecule has 1 saturated heterocycles. The summed E-state index contributed by atoms with van der Waals surface area (Å²) in [7, 11) is 0. The fourth-order valence-corrected chi connectivity index (χ4v) is 7.20. The van der Waals surface area contributed by atoms with E-state index in [0.717, 1.165) is 38.4 Å². The Balaban J connectivity index is 1.24. The van der Waals surface area contributed by atoms with E-state index in [0.29, 0.717) is 16.4 Å². The molecule has 1 N–H and O–H groups in total. The second kappa shape index (κ2) is 7.00. The molecule has 2 bridgehead atoms. The average Bonchev–Trinajstić information content (AvgIpc) is 2.65. The molecule has 0 unspecified atom stereocenters. The Hall–Kier alpha value is -1.52. The lowest BCUT2D eigenvalue weighted by Crippen LogP contribution is -2.65. The topological polar surface area (TPSA) is 43.8 Å². The van der Waals surface area contributed by atoms with Gasteiger partial charge in [0.25, 0.3) is 0 Å². The van der Waals surface area contributed by atoms with Gasteiger partial charge in [-0.25, -0.2) is 4.79 Å². The van der Waals surface area contributed by atoms with E-state index < -0.39 is 5.97 Å². The van der Waals surface area contributed by atoms with Crippen LogP contribution >= 0.6 is 11.6 Å². The SMILES string of the molecule is CC1(C)CCC(C23CC(Cl)(C2)C3)=C(CN2CCN(c3ccc(C(=O)O)cc3)CC2)C1. The molecule has 30 heavy (non-hydrogen) atoms. The van der Waals surface area contributed by atoms with E-state index in [2.05, 4.69) is 23.6 Å². The van der Waals surface area contributed by atoms with Crippen molar-refractivity contribution < 1.29 is 9.90 Å². The molecule has 1 aliphatic heterocycles. The molecule has 1 heterocycles. The van der Waals surface area contributed by atoms with Gasteiger partial charge in [0.15, 0.2) is 0 Å². The molecule has 0 aromatic heterocycles. The van der Waals surface area contributed by atoms with E-state index in [4.69, 9.17) is 16.7 Å². The highest BCUT2D eigenvalue weighted by molar-refractivity contribution is 6.26. The maximum atomic E-state index is 11.1. The number of hydrogen-bond donors (Lipinski definition) is 1. The summed E-state index contributed by atoms with van der Waals surface area (Å²) in [6.45, 7) is 10.1. The van der Waals surface area contributed by atoms with Crippen molar-refractivity contribution in [2.75, 3.05) is 37.6 Å². The van der Waals surface area contributed by atoms with Crippen LogP contribution in [0.25, 0.3) is 0 Å². The van der Waals surface area contributed by atoms with Crippen LogP contribution in [0.5, 0.6) is 0 Å². The number of allylic oxidation sites excluding steroid dienone is 1. The predicted molar refractivity (Wildman–Crippen MR) is 122 cm³/mol. The number of rotatable bonds is 5. The lowest BCUT2D eigenvalue weighted by atomic mass is 9.39. The van der Waals surface area contributed by atoms with Gasteiger partial charge in [0.1, 0.15) is 0 Å². The molecule has 3 saturated carbocycles. The van der Waals surface area contributed by atoms with E-state index >= 15 is 0 Å². The standard InChI is InChI=1S/C25H33ClN2O2/c1-23(2)8-7-21(24-15-25(26,16-24)17-24)19(13-23)14-27-9-11-28(12-10-27)20-5-3-18(4-6-20)22(29)30/h3-6H,7-17H2,1-2H3,(H,29,30). The highest BCUT2D eigenvalue weighted by Crippen LogP contribution is 2.75. The van der Waals surface area contributed by atoms with Crippen LogP contribution in [0, 0.1) is 10.8 Å². The first-order chi connectivity index (χ1) is 14.2. The minimum absolute atomic E-state index is 0.146. The molecule has 4 aliphatic carbocycles. The van der Waals surface area contributed by atoms with Gasteiger partial charge in [-0.2, -0.15) is 0 Å². The number of hydrogen-bond acceptors (Lipinski definition) is 3. The highest BCUT2D eigenvalue weighted by atomic mass is 35.5. The molecule has 1 aromatic carbocycles. The van der Waals surface area contributed by atoms with Crippen LogP contribution in [-0.2, 0) is 0 Å². The molecular formula is C25H33ClN2O2. The van der Waals surface area contributed by atoms with Crippen molar-refractivity contribution in [3.63, 3.8) is 0 Å². The first-order valence-corrected chi connectivity index (χ1v) is 11.8. The number of piperazine rings is 1. The van der Waals surface area contributed by atoms with Gasteiger partial charge in [0.2, 0.25) is 0 Å². The van der Waals surface area contributed by atoms with Gasteiger partial charge < -0.3 is 10.0 Å². The van der Waals surface area contributed by atoms with Crippen LogP contribution < -0.4 is 4.90 Å². The van der Waals surface area contributed by atoms with Crippen molar-refractivity contribution in [2.24, 2.45) is 10.8 Å². The summed E-state index contributed by atoms with van der Waals surface area (Å²) in [4.78, 5) is 16.2.